The van der Waals surface area contributed by atoms with Gasteiger partial charge in [-0.2, -0.15) is 0 Å². The summed E-state index contributed by atoms with van der Waals surface area (Å²) in [5.74, 6) is 0.875. The van der Waals surface area contributed by atoms with Crippen LogP contribution >= 0.6 is 0 Å². The first-order chi connectivity index (χ1) is 12.2. The van der Waals surface area contributed by atoms with Gasteiger partial charge in [-0.3, -0.25) is 14.6 Å². The van der Waals surface area contributed by atoms with Gasteiger partial charge in [0.15, 0.2) is 0 Å². The number of amides is 1. The van der Waals surface area contributed by atoms with E-state index in [0.717, 1.165) is 63.7 Å². The van der Waals surface area contributed by atoms with E-state index in [0.29, 0.717) is 19.2 Å². The first-order valence-electron chi connectivity index (χ1n) is 9.31. The van der Waals surface area contributed by atoms with Crippen LogP contribution in [0, 0.1) is 0 Å². The second-order valence-electron chi connectivity index (χ2n) is 6.66. The van der Waals surface area contributed by atoms with Crippen molar-refractivity contribution in [1.29, 1.82) is 0 Å². The fraction of sp³-hybridized carbons (Fsp3) is 0.632. The van der Waals surface area contributed by atoms with Crippen LogP contribution in [0.25, 0.3) is 0 Å². The molecule has 1 aromatic rings. The maximum atomic E-state index is 12.3. The molecule has 1 amide bonds. The van der Waals surface area contributed by atoms with Crippen LogP contribution in [0.1, 0.15) is 19.8 Å². The van der Waals surface area contributed by atoms with Gasteiger partial charge in [-0.1, -0.05) is 0 Å². The van der Waals surface area contributed by atoms with E-state index < -0.39 is 0 Å². The molecule has 2 aliphatic heterocycles. The van der Waals surface area contributed by atoms with Crippen molar-refractivity contribution < 1.29 is 14.3 Å². The molecule has 0 saturated carbocycles. The topological polar surface area (TPSA) is 54.0 Å². The van der Waals surface area contributed by atoms with Gasteiger partial charge >= 0.3 is 0 Å². The second kappa shape index (κ2) is 9.17. The number of likely N-dealkylation sites (tertiary alicyclic amines) is 1. The summed E-state index contributed by atoms with van der Waals surface area (Å²) >= 11 is 0. The summed E-state index contributed by atoms with van der Waals surface area (Å²) in [6, 6.07) is 8.18. The number of nitrogens with zero attached hydrogens (tertiary/aromatic N) is 2. The number of morpholine rings is 1. The van der Waals surface area contributed by atoms with E-state index in [9.17, 15) is 4.79 Å². The third-order valence-corrected chi connectivity index (χ3v) is 4.94. The smallest absolute Gasteiger partial charge is 0.238 e. The van der Waals surface area contributed by atoms with Crippen LogP contribution in [0.3, 0.4) is 0 Å². The van der Waals surface area contributed by atoms with E-state index in [1.165, 1.54) is 0 Å². The lowest BCUT2D eigenvalue weighted by molar-refractivity contribution is -0.117. The van der Waals surface area contributed by atoms with Crippen molar-refractivity contribution in [2.24, 2.45) is 0 Å². The number of hydrogen-bond donors (Lipinski definition) is 1. The summed E-state index contributed by atoms with van der Waals surface area (Å²) in [6.07, 6.45) is 2.27. The Morgan fingerprint density at radius 2 is 1.84 bits per heavy atom. The average molecular weight is 347 g/mol. The Hall–Kier alpha value is -1.63. The van der Waals surface area contributed by atoms with Crippen molar-refractivity contribution in [1.82, 2.24) is 9.80 Å². The van der Waals surface area contributed by atoms with Gasteiger partial charge in [0.25, 0.3) is 0 Å². The lowest BCUT2D eigenvalue weighted by Crippen LogP contribution is -2.50. The normalized spacial score (nSPS) is 20.4. The van der Waals surface area contributed by atoms with Gasteiger partial charge in [-0.15, -0.1) is 0 Å². The van der Waals surface area contributed by atoms with Crippen LogP contribution in [-0.2, 0) is 9.53 Å². The Morgan fingerprint density at radius 3 is 2.48 bits per heavy atom. The molecule has 6 heteroatoms. The Bertz CT molecular complexity index is 535. The van der Waals surface area contributed by atoms with Crippen molar-refractivity contribution in [3.8, 4) is 5.75 Å². The van der Waals surface area contributed by atoms with Crippen molar-refractivity contribution in [2.75, 3.05) is 57.9 Å². The van der Waals surface area contributed by atoms with E-state index in [1.54, 1.807) is 0 Å². The van der Waals surface area contributed by atoms with E-state index in [-0.39, 0.29) is 5.91 Å². The fourth-order valence-electron chi connectivity index (χ4n) is 3.59. The first kappa shape index (κ1) is 18.2. The monoisotopic (exact) mass is 347 g/mol. The van der Waals surface area contributed by atoms with E-state index >= 15 is 0 Å². The molecule has 2 aliphatic rings. The van der Waals surface area contributed by atoms with Gasteiger partial charge in [0, 0.05) is 37.9 Å². The van der Waals surface area contributed by atoms with Gasteiger partial charge < -0.3 is 14.8 Å². The quantitative estimate of drug-likeness (QED) is 0.851. The lowest BCUT2D eigenvalue weighted by atomic mass is 10.0. The van der Waals surface area contributed by atoms with Crippen LogP contribution in [0.15, 0.2) is 24.3 Å². The van der Waals surface area contributed by atoms with Crippen molar-refractivity contribution in [3.05, 3.63) is 24.3 Å². The van der Waals surface area contributed by atoms with Gasteiger partial charge in [-0.25, -0.2) is 0 Å². The highest BCUT2D eigenvalue weighted by atomic mass is 16.5. The standard InChI is InChI=1S/C19H29N3O3/c1-2-25-18-5-3-16(4-6-18)20-19(23)15-21-9-7-17(8-10-21)22-11-13-24-14-12-22/h3-6,17H,2,7-15H2,1H3,(H,20,23). The predicted molar refractivity (Wildman–Crippen MR) is 98.1 cm³/mol. The molecule has 25 heavy (non-hydrogen) atoms. The van der Waals surface area contributed by atoms with Crippen LogP contribution in [0.5, 0.6) is 5.75 Å². The molecule has 138 valence electrons. The minimum atomic E-state index is 0.0500. The molecule has 3 rings (SSSR count). The lowest BCUT2D eigenvalue weighted by Gasteiger charge is -2.39. The fourth-order valence-corrected chi connectivity index (χ4v) is 3.59. The molecule has 2 saturated heterocycles. The Kier molecular flexibility index (Phi) is 6.67. The summed E-state index contributed by atoms with van der Waals surface area (Å²) in [6.45, 7) is 8.83. The number of ether oxygens (including phenoxy) is 2. The van der Waals surface area contributed by atoms with Crippen LogP contribution in [0.2, 0.25) is 0 Å². The number of benzene rings is 1. The van der Waals surface area contributed by atoms with E-state index in [1.807, 2.05) is 31.2 Å². The third kappa shape index (κ3) is 5.42. The molecule has 0 radical (unpaired) electrons. The molecule has 0 aliphatic carbocycles. The number of anilines is 1. The highest BCUT2D eigenvalue weighted by molar-refractivity contribution is 5.92. The zero-order valence-electron chi connectivity index (χ0n) is 15.1. The summed E-state index contributed by atoms with van der Waals surface area (Å²) in [4.78, 5) is 17.1. The molecule has 2 heterocycles. The predicted octanol–water partition coefficient (Wildman–Crippen LogP) is 1.82. The number of rotatable bonds is 6. The zero-order valence-corrected chi connectivity index (χ0v) is 15.1. The van der Waals surface area contributed by atoms with Crippen molar-refractivity contribution in [3.63, 3.8) is 0 Å². The minimum absolute atomic E-state index is 0.0500. The van der Waals surface area contributed by atoms with Gasteiger partial charge in [0.1, 0.15) is 5.75 Å². The summed E-state index contributed by atoms with van der Waals surface area (Å²) in [5.41, 5.74) is 0.816. The van der Waals surface area contributed by atoms with Crippen LogP contribution in [-0.4, -0.2) is 74.3 Å². The number of carbonyl (C=O) groups is 1. The van der Waals surface area contributed by atoms with E-state index in [2.05, 4.69) is 15.1 Å². The number of nitrogens with one attached hydrogen (secondary N) is 1. The van der Waals surface area contributed by atoms with Crippen molar-refractivity contribution >= 4 is 11.6 Å². The Balaban J connectivity index is 1.40. The highest BCUT2D eigenvalue weighted by Crippen LogP contribution is 2.18. The number of piperidine rings is 1. The van der Waals surface area contributed by atoms with E-state index in [4.69, 9.17) is 9.47 Å². The Morgan fingerprint density at radius 1 is 1.16 bits per heavy atom. The van der Waals surface area contributed by atoms with Gasteiger partial charge in [0.2, 0.25) is 5.91 Å². The molecule has 0 bridgehead atoms. The SMILES string of the molecule is CCOc1ccc(NC(=O)CN2CCC(N3CCOCC3)CC2)cc1. The molecule has 0 spiro atoms. The van der Waals surface area contributed by atoms with Crippen molar-refractivity contribution in [2.45, 2.75) is 25.8 Å². The van der Waals surface area contributed by atoms with Crippen LogP contribution < -0.4 is 10.1 Å². The minimum Gasteiger partial charge on any atom is -0.494 e. The first-order valence-corrected chi connectivity index (χ1v) is 9.31. The van der Waals surface area contributed by atoms with Crippen LogP contribution in [0.4, 0.5) is 5.69 Å². The molecule has 0 unspecified atom stereocenters. The Labute approximate surface area is 150 Å². The molecular formula is C19H29N3O3. The van der Waals surface area contributed by atoms with Gasteiger partial charge in [0.05, 0.1) is 26.4 Å². The maximum Gasteiger partial charge on any atom is 0.238 e. The number of hydrogen-bond acceptors (Lipinski definition) is 5. The largest absolute Gasteiger partial charge is 0.494 e. The molecule has 1 N–H and O–H groups in total. The molecule has 0 atom stereocenters. The molecule has 6 nitrogen and oxygen atoms in total. The highest BCUT2D eigenvalue weighted by Gasteiger charge is 2.26. The number of carbonyl (C=O) groups excluding carboxylic acids is 1. The molecule has 1 aromatic carbocycles. The molecular weight excluding hydrogens is 318 g/mol. The zero-order chi connectivity index (χ0) is 17.5. The molecule has 0 aromatic heterocycles. The summed E-state index contributed by atoms with van der Waals surface area (Å²) in [5, 5.41) is 2.97. The van der Waals surface area contributed by atoms with Gasteiger partial charge in [-0.05, 0) is 44.0 Å². The summed E-state index contributed by atoms with van der Waals surface area (Å²) in [7, 11) is 0. The average Bonchev–Trinajstić information content (AvgIpc) is 2.65. The molecule has 2 fully saturated rings. The maximum absolute atomic E-state index is 12.3. The second-order valence-corrected chi connectivity index (χ2v) is 6.66. The summed E-state index contributed by atoms with van der Waals surface area (Å²) < 4.78 is 10.8. The third-order valence-electron chi connectivity index (χ3n) is 4.94.